The van der Waals surface area contributed by atoms with Crippen molar-refractivity contribution < 1.29 is 14.1 Å². The minimum atomic E-state index is -0.310. The predicted molar refractivity (Wildman–Crippen MR) is 101 cm³/mol. The Morgan fingerprint density at radius 3 is 2.58 bits per heavy atom. The average molecular weight is 358 g/mol. The molecule has 140 valence electrons. The Balaban J connectivity index is 2.00. The summed E-state index contributed by atoms with van der Waals surface area (Å²) in [5.74, 6) is 0.646. The molecule has 0 aliphatic rings. The fourth-order valence-electron chi connectivity index (χ4n) is 2.49. The van der Waals surface area contributed by atoms with E-state index in [9.17, 15) is 9.59 Å². The van der Waals surface area contributed by atoms with Gasteiger partial charge in [0.2, 0.25) is 5.91 Å². The van der Waals surface area contributed by atoms with E-state index in [-0.39, 0.29) is 18.5 Å². The van der Waals surface area contributed by atoms with Crippen molar-refractivity contribution in [1.82, 2.24) is 10.1 Å². The van der Waals surface area contributed by atoms with Crippen LogP contribution in [0.4, 0.5) is 16.3 Å². The molecule has 7 nitrogen and oxygen atoms in total. The molecule has 0 spiro atoms. The Morgan fingerprint density at radius 2 is 1.92 bits per heavy atom. The molecule has 0 fully saturated rings. The van der Waals surface area contributed by atoms with Crippen LogP contribution in [0.1, 0.15) is 37.5 Å². The van der Waals surface area contributed by atoms with E-state index in [1.165, 1.54) is 4.90 Å². The fourth-order valence-corrected chi connectivity index (χ4v) is 2.49. The van der Waals surface area contributed by atoms with Gasteiger partial charge in [0.1, 0.15) is 12.3 Å². The summed E-state index contributed by atoms with van der Waals surface area (Å²) < 4.78 is 4.93. The Bertz CT molecular complexity index is 742. The van der Waals surface area contributed by atoms with Gasteiger partial charge in [-0.15, -0.1) is 0 Å². The summed E-state index contributed by atoms with van der Waals surface area (Å²) in [6.45, 7) is 6.23. The van der Waals surface area contributed by atoms with Gasteiger partial charge in [-0.1, -0.05) is 43.1 Å². The maximum absolute atomic E-state index is 12.7. The highest BCUT2D eigenvalue weighted by Gasteiger charge is 2.18. The van der Waals surface area contributed by atoms with Gasteiger partial charge >= 0.3 is 6.03 Å². The summed E-state index contributed by atoms with van der Waals surface area (Å²) in [4.78, 5) is 26.4. The van der Waals surface area contributed by atoms with Gasteiger partial charge in [-0.3, -0.25) is 4.79 Å². The number of nitrogens with one attached hydrogen (secondary N) is 2. The number of amides is 3. The van der Waals surface area contributed by atoms with Crippen molar-refractivity contribution in [3.63, 3.8) is 0 Å². The minimum absolute atomic E-state index is 0.0483. The van der Waals surface area contributed by atoms with Gasteiger partial charge in [0.15, 0.2) is 5.82 Å². The fraction of sp³-hybridized carbons (Fsp3) is 0.421. The van der Waals surface area contributed by atoms with Crippen molar-refractivity contribution in [3.05, 3.63) is 41.7 Å². The number of rotatable bonds is 8. The second-order valence-electron chi connectivity index (χ2n) is 6.24. The topological polar surface area (TPSA) is 87.5 Å². The number of para-hydroxylation sites is 1. The van der Waals surface area contributed by atoms with E-state index in [1.54, 1.807) is 13.0 Å². The zero-order valence-corrected chi connectivity index (χ0v) is 15.5. The number of anilines is 2. The smallest absolute Gasteiger partial charge is 0.322 e. The van der Waals surface area contributed by atoms with Crippen molar-refractivity contribution in [2.75, 3.05) is 23.7 Å². The quantitative estimate of drug-likeness (QED) is 0.699. The summed E-state index contributed by atoms with van der Waals surface area (Å²) in [6, 6.07) is 8.89. The van der Waals surface area contributed by atoms with Crippen molar-refractivity contribution in [2.45, 2.75) is 40.0 Å². The molecule has 2 aromatic rings. The Kier molecular flexibility index (Phi) is 7.20. The lowest BCUT2D eigenvalue weighted by molar-refractivity contribution is -0.116. The average Bonchev–Trinajstić information content (AvgIpc) is 3.01. The van der Waals surface area contributed by atoms with Gasteiger partial charge in [-0.25, -0.2) is 4.79 Å². The summed E-state index contributed by atoms with van der Waals surface area (Å²) in [5, 5.41) is 9.27. The molecule has 0 saturated carbocycles. The van der Waals surface area contributed by atoms with Crippen molar-refractivity contribution >= 4 is 23.4 Å². The molecule has 0 bridgehead atoms. The van der Waals surface area contributed by atoms with E-state index in [0.717, 1.165) is 30.5 Å². The molecule has 3 amide bonds. The first-order chi connectivity index (χ1) is 12.5. The lowest BCUT2D eigenvalue weighted by atomic mass is 10.2. The lowest BCUT2D eigenvalue weighted by Crippen LogP contribution is -2.41. The van der Waals surface area contributed by atoms with Crippen LogP contribution in [-0.2, 0) is 4.79 Å². The molecule has 0 unspecified atom stereocenters. The Labute approximate surface area is 153 Å². The lowest BCUT2D eigenvalue weighted by Gasteiger charge is -2.23. The van der Waals surface area contributed by atoms with Crippen molar-refractivity contribution in [1.29, 1.82) is 0 Å². The first-order valence-corrected chi connectivity index (χ1v) is 8.84. The first-order valence-electron chi connectivity index (χ1n) is 8.84. The predicted octanol–water partition coefficient (Wildman–Crippen LogP) is 3.95. The normalized spacial score (nSPS) is 10.4. The van der Waals surface area contributed by atoms with E-state index < -0.39 is 0 Å². The largest absolute Gasteiger partial charge is 0.360 e. The van der Waals surface area contributed by atoms with Crippen LogP contribution in [0.5, 0.6) is 0 Å². The molecular formula is C19H26N4O3. The van der Waals surface area contributed by atoms with E-state index in [2.05, 4.69) is 22.7 Å². The van der Waals surface area contributed by atoms with Gasteiger partial charge in [0.25, 0.3) is 0 Å². The highest BCUT2D eigenvalue weighted by atomic mass is 16.5. The summed E-state index contributed by atoms with van der Waals surface area (Å²) in [5.41, 5.74) is 1.71. The standard InChI is InChI=1S/C19H26N4O3/c1-4-5-8-11-23(13-18(24)21-17-12-15(3)26-22-17)19(25)20-16-10-7-6-9-14(16)2/h6-7,9-10,12H,4-5,8,11,13H2,1-3H3,(H,20,25)(H,21,22,24). The third kappa shape index (κ3) is 5.91. The molecule has 26 heavy (non-hydrogen) atoms. The summed E-state index contributed by atoms with van der Waals surface area (Å²) in [7, 11) is 0. The number of aryl methyl sites for hydroxylation is 2. The minimum Gasteiger partial charge on any atom is -0.360 e. The Hall–Kier alpha value is -2.83. The summed E-state index contributed by atoms with van der Waals surface area (Å²) in [6.07, 6.45) is 2.88. The van der Waals surface area contributed by atoms with Gasteiger partial charge < -0.3 is 20.1 Å². The van der Waals surface area contributed by atoms with Crippen LogP contribution < -0.4 is 10.6 Å². The number of carbonyl (C=O) groups is 2. The summed E-state index contributed by atoms with van der Waals surface area (Å²) >= 11 is 0. The van der Waals surface area contributed by atoms with Crippen LogP contribution in [0.15, 0.2) is 34.9 Å². The van der Waals surface area contributed by atoms with Crippen LogP contribution in [0.25, 0.3) is 0 Å². The van der Waals surface area contributed by atoms with Crippen molar-refractivity contribution in [2.24, 2.45) is 0 Å². The number of hydrogen-bond donors (Lipinski definition) is 2. The molecule has 1 aromatic carbocycles. The number of carbonyl (C=O) groups excluding carboxylic acids is 2. The van der Waals surface area contributed by atoms with Crippen LogP contribution >= 0.6 is 0 Å². The molecule has 0 aliphatic carbocycles. The first kappa shape index (κ1) is 19.5. The number of unbranched alkanes of at least 4 members (excludes halogenated alkanes) is 2. The highest BCUT2D eigenvalue weighted by molar-refractivity contribution is 5.96. The van der Waals surface area contributed by atoms with Crippen LogP contribution in [-0.4, -0.2) is 35.1 Å². The monoisotopic (exact) mass is 358 g/mol. The zero-order valence-electron chi connectivity index (χ0n) is 15.5. The van der Waals surface area contributed by atoms with Gasteiger partial charge in [-0.05, 0) is 31.9 Å². The number of aromatic nitrogens is 1. The van der Waals surface area contributed by atoms with Gasteiger partial charge in [0.05, 0.1) is 0 Å². The maximum atomic E-state index is 12.7. The van der Waals surface area contributed by atoms with Crippen LogP contribution in [0, 0.1) is 13.8 Å². The second kappa shape index (κ2) is 9.60. The third-order valence-corrected chi connectivity index (χ3v) is 3.94. The number of urea groups is 1. The van der Waals surface area contributed by atoms with Crippen molar-refractivity contribution in [3.8, 4) is 0 Å². The molecule has 7 heteroatoms. The van der Waals surface area contributed by atoms with E-state index in [4.69, 9.17) is 4.52 Å². The van der Waals surface area contributed by atoms with Gasteiger partial charge in [0, 0.05) is 18.3 Å². The van der Waals surface area contributed by atoms with E-state index >= 15 is 0 Å². The third-order valence-electron chi connectivity index (χ3n) is 3.94. The molecule has 2 rings (SSSR count). The highest BCUT2D eigenvalue weighted by Crippen LogP contribution is 2.14. The zero-order chi connectivity index (χ0) is 18.9. The number of benzene rings is 1. The molecule has 0 aliphatic heterocycles. The molecular weight excluding hydrogens is 332 g/mol. The van der Waals surface area contributed by atoms with Crippen LogP contribution in [0.3, 0.4) is 0 Å². The SMILES string of the molecule is CCCCCN(CC(=O)Nc1cc(C)on1)C(=O)Nc1ccccc1C. The number of hydrogen-bond acceptors (Lipinski definition) is 4. The maximum Gasteiger partial charge on any atom is 0.322 e. The van der Waals surface area contributed by atoms with Crippen LogP contribution in [0.2, 0.25) is 0 Å². The molecule has 0 saturated heterocycles. The van der Waals surface area contributed by atoms with E-state index in [1.807, 2.05) is 31.2 Å². The molecule has 2 N–H and O–H groups in total. The Morgan fingerprint density at radius 1 is 1.15 bits per heavy atom. The molecule has 1 aromatic heterocycles. The molecule has 1 heterocycles. The van der Waals surface area contributed by atoms with Gasteiger partial charge in [-0.2, -0.15) is 0 Å². The second-order valence-corrected chi connectivity index (χ2v) is 6.24. The molecule has 0 atom stereocenters. The number of nitrogens with zero attached hydrogens (tertiary/aromatic N) is 2. The van der Waals surface area contributed by atoms with E-state index in [0.29, 0.717) is 18.1 Å². The molecule has 0 radical (unpaired) electrons.